The fourth-order valence-electron chi connectivity index (χ4n) is 1.12. The van der Waals surface area contributed by atoms with Crippen molar-refractivity contribution in [1.82, 2.24) is 15.3 Å². The number of aromatic nitrogens is 2. The van der Waals surface area contributed by atoms with Crippen LogP contribution in [0.2, 0.25) is 5.15 Å². The van der Waals surface area contributed by atoms with Gasteiger partial charge in [-0.3, -0.25) is 4.79 Å². The highest BCUT2D eigenvalue weighted by Gasteiger charge is 2.17. The van der Waals surface area contributed by atoms with Gasteiger partial charge in [-0.1, -0.05) is 11.6 Å². The van der Waals surface area contributed by atoms with Crippen LogP contribution in [0.15, 0.2) is 4.99 Å². The van der Waals surface area contributed by atoms with Gasteiger partial charge in [-0.15, -0.1) is 0 Å². The van der Waals surface area contributed by atoms with E-state index in [2.05, 4.69) is 20.3 Å². The van der Waals surface area contributed by atoms with Gasteiger partial charge in [0.1, 0.15) is 6.17 Å². The van der Waals surface area contributed by atoms with Crippen molar-refractivity contribution < 1.29 is 4.79 Å². The third-order valence-corrected chi connectivity index (χ3v) is 2.08. The van der Waals surface area contributed by atoms with Gasteiger partial charge >= 0.3 is 0 Å². The lowest BCUT2D eigenvalue weighted by atomic mass is 10.3. The van der Waals surface area contributed by atoms with Gasteiger partial charge in [-0.25, -0.2) is 15.0 Å². The number of nitrogens with zero attached hydrogens (tertiary/aromatic N) is 3. The SMILES string of the molecule is CC(N=C(N)N)NC(=O)c1nc(Cl)c(N)nc1N. The Morgan fingerprint density at radius 1 is 1.33 bits per heavy atom. The molecule has 0 fully saturated rings. The maximum Gasteiger partial charge on any atom is 0.275 e. The summed E-state index contributed by atoms with van der Waals surface area (Å²) >= 11 is 5.65. The lowest BCUT2D eigenvalue weighted by Gasteiger charge is -2.10. The molecule has 1 aromatic rings. The van der Waals surface area contributed by atoms with Crippen LogP contribution >= 0.6 is 11.6 Å². The summed E-state index contributed by atoms with van der Waals surface area (Å²) in [6.45, 7) is 1.57. The first-order chi connectivity index (χ1) is 8.31. The first-order valence-corrected chi connectivity index (χ1v) is 5.17. The molecule has 0 saturated heterocycles. The van der Waals surface area contributed by atoms with Gasteiger partial charge in [0.2, 0.25) is 0 Å². The van der Waals surface area contributed by atoms with Crippen LogP contribution in [0.25, 0.3) is 0 Å². The van der Waals surface area contributed by atoms with Crippen LogP contribution < -0.4 is 28.3 Å². The summed E-state index contributed by atoms with van der Waals surface area (Å²) in [6, 6.07) is 0. The minimum atomic E-state index is -0.639. The van der Waals surface area contributed by atoms with E-state index in [4.69, 9.17) is 34.5 Å². The number of carbonyl (C=O) groups excluding carboxylic acids is 1. The fraction of sp³-hybridized carbons (Fsp3) is 0.250. The second-order valence-corrected chi connectivity index (χ2v) is 3.69. The van der Waals surface area contributed by atoms with Crippen molar-refractivity contribution >= 4 is 35.1 Å². The molecule has 0 saturated carbocycles. The number of hydrogen-bond donors (Lipinski definition) is 5. The molecule has 9 N–H and O–H groups in total. The van der Waals surface area contributed by atoms with Crippen LogP contribution in [0.4, 0.5) is 11.6 Å². The molecule has 1 heterocycles. The number of aliphatic imine (C=N–C) groups is 1. The summed E-state index contributed by atoms with van der Waals surface area (Å²) in [5.41, 5.74) is 21.1. The van der Waals surface area contributed by atoms with Crippen molar-refractivity contribution in [2.45, 2.75) is 13.1 Å². The largest absolute Gasteiger partial charge is 0.382 e. The average Bonchev–Trinajstić information content (AvgIpc) is 2.21. The molecule has 1 atom stereocenters. The first kappa shape index (κ1) is 13.8. The maximum atomic E-state index is 11.8. The molecule has 18 heavy (non-hydrogen) atoms. The Labute approximate surface area is 108 Å². The molecule has 1 unspecified atom stereocenters. The van der Waals surface area contributed by atoms with Gasteiger partial charge in [0.15, 0.2) is 28.4 Å². The highest BCUT2D eigenvalue weighted by atomic mass is 35.5. The Hall–Kier alpha value is -2.29. The zero-order chi connectivity index (χ0) is 13.9. The summed E-state index contributed by atoms with van der Waals surface area (Å²) in [7, 11) is 0. The molecule has 0 aliphatic heterocycles. The lowest BCUT2D eigenvalue weighted by Crippen LogP contribution is -2.36. The van der Waals surface area contributed by atoms with Crippen molar-refractivity contribution in [3.05, 3.63) is 10.8 Å². The van der Waals surface area contributed by atoms with Crippen LogP contribution in [-0.2, 0) is 0 Å². The van der Waals surface area contributed by atoms with E-state index in [9.17, 15) is 4.79 Å². The predicted octanol–water partition coefficient (Wildman–Crippen LogP) is -1.36. The van der Waals surface area contributed by atoms with E-state index in [1.165, 1.54) is 0 Å². The summed E-state index contributed by atoms with van der Waals surface area (Å²) in [6.07, 6.45) is -0.639. The summed E-state index contributed by atoms with van der Waals surface area (Å²) in [5.74, 6) is -0.953. The number of anilines is 2. The van der Waals surface area contributed by atoms with E-state index >= 15 is 0 Å². The van der Waals surface area contributed by atoms with Crippen molar-refractivity contribution in [1.29, 1.82) is 0 Å². The standard InChI is InChI=1S/C8H13ClN8O/c1-2(15-8(12)13)14-7(18)3-5(10)17-6(11)4(9)16-3/h2H,1H3,(H,14,18)(H4,10,11,17)(H4,12,13,15). The smallest absolute Gasteiger partial charge is 0.275 e. The van der Waals surface area contributed by atoms with E-state index in [0.29, 0.717) is 0 Å². The predicted molar refractivity (Wildman–Crippen MR) is 68.6 cm³/mol. The van der Waals surface area contributed by atoms with Crippen LogP contribution in [-0.4, -0.2) is 28.0 Å². The van der Waals surface area contributed by atoms with Gasteiger partial charge in [0, 0.05) is 0 Å². The molecule has 0 radical (unpaired) electrons. The molecule has 0 spiro atoms. The summed E-state index contributed by atoms with van der Waals surface area (Å²) in [4.78, 5) is 22.9. The van der Waals surface area contributed by atoms with Gasteiger partial charge in [0.05, 0.1) is 0 Å². The molecule has 0 aromatic carbocycles. The summed E-state index contributed by atoms with van der Waals surface area (Å²) in [5, 5.41) is 2.34. The van der Waals surface area contributed by atoms with Crippen LogP contribution in [0.3, 0.4) is 0 Å². The minimum absolute atomic E-state index is 0.0528. The van der Waals surface area contributed by atoms with Crippen LogP contribution in [0.1, 0.15) is 17.4 Å². The second kappa shape index (κ2) is 5.36. The number of guanidine groups is 1. The van der Waals surface area contributed by atoms with E-state index in [0.717, 1.165) is 0 Å². The fourth-order valence-corrected chi connectivity index (χ4v) is 1.25. The maximum absolute atomic E-state index is 11.8. The van der Waals surface area contributed by atoms with Gasteiger partial charge in [-0.05, 0) is 6.92 Å². The third-order valence-electron chi connectivity index (χ3n) is 1.80. The monoisotopic (exact) mass is 272 g/mol. The molecule has 0 bridgehead atoms. The van der Waals surface area contributed by atoms with E-state index in [1.807, 2.05) is 0 Å². The topological polar surface area (TPSA) is 171 Å². The minimum Gasteiger partial charge on any atom is -0.382 e. The van der Waals surface area contributed by atoms with Crippen molar-refractivity contribution in [3.8, 4) is 0 Å². The van der Waals surface area contributed by atoms with E-state index in [1.54, 1.807) is 6.92 Å². The zero-order valence-electron chi connectivity index (χ0n) is 9.51. The molecule has 10 heteroatoms. The molecule has 0 aliphatic carbocycles. The molecule has 1 amide bonds. The first-order valence-electron chi connectivity index (χ1n) is 4.79. The molecule has 1 rings (SSSR count). The van der Waals surface area contributed by atoms with Crippen LogP contribution in [0.5, 0.6) is 0 Å². The van der Waals surface area contributed by atoms with Crippen LogP contribution in [0, 0.1) is 0 Å². The molecule has 0 aliphatic rings. The average molecular weight is 273 g/mol. The Bertz CT molecular complexity index is 498. The highest BCUT2D eigenvalue weighted by Crippen LogP contribution is 2.17. The number of hydrogen-bond acceptors (Lipinski definition) is 6. The third kappa shape index (κ3) is 3.35. The Morgan fingerprint density at radius 3 is 2.50 bits per heavy atom. The molecular formula is C8H13ClN8O. The Morgan fingerprint density at radius 2 is 1.94 bits per heavy atom. The molecule has 98 valence electrons. The number of halogens is 1. The number of nitrogens with one attached hydrogen (secondary N) is 1. The van der Waals surface area contributed by atoms with Gasteiger partial charge < -0.3 is 28.3 Å². The van der Waals surface area contributed by atoms with Crippen molar-refractivity contribution in [2.75, 3.05) is 11.5 Å². The van der Waals surface area contributed by atoms with E-state index < -0.39 is 12.1 Å². The molecule has 9 nitrogen and oxygen atoms in total. The number of rotatable bonds is 3. The molecule has 1 aromatic heterocycles. The highest BCUT2D eigenvalue weighted by molar-refractivity contribution is 6.31. The number of nitrogens with two attached hydrogens (primary N) is 4. The Kier molecular flexibility index (Phi) is 4.10. The lowest BCUT2D eigenvalue weighted by molar-refractivity contribution is 0.0937. The van der Waals surface area contributed by atoms with E-state index in [-0.39, 0.29) is 28.4 Å². The van der Waals surface area contributed by atoms with Crippen molar-refractivity contribution in [2.24, 2.45) is 16.5 Å². The van der Waals surface area contributed by atoms with Gasteiger partial charge in [-0.2, -0.15) is 0 Å². The van der Waals surface area contributed by atoms with Crippen molar-refractivity contribution in [3.63, 3.8) is 0 Å². The zero-order valence-corrected chi connectivity index (χ0v) is 10.3. The summed E-state index contributed by atoms with van der Waals surface area (Å²) < 4.78 is 0. The van der Waals surface area contributed by atoms with Gasteiger partial charge in [0.25, 0.3) is 5.91 Å². The number of nitrogen functional groups attached to an aromatic ring is 2. The quantitative estimate of drug-likeness (QED) is 0.334. The normalized spacial score (nSPS) is 11.7. The number of carbonyl (C=O) groups is 1. The molecular weight excluding hydrogens is 260 g/mol. The second-order valence-electron chi connectivity index (χ2n) is 3.34. The Balaban J connectivity index is 2.92. The number of amides is 1.